The van der Waals surface area contributed by atoms with E-state index in [1.54, 1.807) is 12.4 Å². The predicted octanol–water partition coefficient (Wildman–Crippen LogP) is 2.38. The van der Waals surface area contributed by atoms with Gasteiger partial charge >= 0.3 is 0 Å². The third-order valence-electron chi connectivity index (χ3n) is 1.53. The van der Waals surface area contributed by atoms with Crippen molar-refractivity contribution < 1.29 is 0 Å². The molecule has 60 valence electrons. The van der Waals surface area contributed by atoms with Gasteiger partial charge in [-0.25, -0.2) is 9.97 Å². The molecule has 1 aromatic rings. The summed E-state index contributed by atoms with van der Waals surface area (Å²) in [6.07, 6.45) is 6.18. The van der Waals surface area contributed by atoms with Gasteiger partial charge in [0.1, 0.15) is 5.82 Å². The van der Waals surface area contributed by atoms with Crippen LogP contribution in [0.25, 0.3) is 0 Å². The van der Waals surface area contributed by atoms with Crippen LogP contribution in [-0.4, -0.2) is 9.97 Å². The summed E-state index contributed by atoms with van der Waals surface area (Å²) in [7, 11) is 0. The first-order valence-corrected chi connectivity index (χ1v) is 4.24. The molecule has 0 amide bonds. The van der Waals surface area contributed by atoms with Gasteiger partial charge in [0.05, 0.1) is 0 Å². The van der Waals surface area contributed by atoms with E-state index in [2.05, 4.69) is 9.97 Å². The third-order valence-corrected chi connectivity index (χ3v) is 1.53. The smallest absolute Gasteiger partial charge is 0.131 e. The van der Waals surface area contributed by atoms with Crippen molar-refractivity contribution in [2.24, 2.45) is 0 Å². The fourth-order valence-corrected chi connectivity index (χ4v) is 0.863. The Labute approximate surface area is 67.7 Å². The molecular formula is C9H14N2. The van der Waals surface area contributed by atoms with Crippen molar-refractivity contribution in [1.82, 2.24) is 9.97 Å². The molecule has 2 heteroatoms. The van der Waals surface area contributed by atoms with Crippen molar-refractivity contribution in [2.45, 2.75) is 32.6 Å². The molecule has 2 rings (SSSR count). The Bertz CT molecular complexity index is 192. The van der Waals surface area contributed by atoms with Crippen molar-refractivity contribution in [2.75, 3.05) is 0 Å². The number of rotatable bonds is 1. The van der Waals surface area contributed by atoms with E-state index in [1.807, 2.05) is 19.9 Å². The van der Waals surface area contributed by atoms with Gasteiger partial charge in [0, 0.05) is 18.3 Å². The van der Waals surface area contributed by atoms with E-state index in [-0.39, 0.29) is 0 Å². The lowest BCUT2D eigenvalue weighted by atomic mass is 10.4. The zero-order valence-corrected chi connectivity index (χ0v) is 7.12. The fourth-order valence-electron chi connectivity index (χ4n) is 0.863. The first-order chi connectivity index (χ1) is 5.47. The van der Waals surface area contributed by atoms with Crippen molar-refractivity contribution in [3.05, 3.63) is 24.3 Å². The van der Waals surface area contributed by atoms with Crippen molar-refractivity contribution in [3.8, 4) is 0 Å². The van der Waals surface area contributed by atoms with Crippen LogP contribution in [0.3, 0.4) is 0 Å². The summed E-state index contributed by atoms with van der Waals surface area (Å²) >= 11 is 0. The highest BCUT2D eigenvalue weighted by molar-refractivity contribution is 5.03. The SMILES string of the molecule is CC.c1cnc(C2CC2)nc1. The Hall–Kier alpha value is -0.920. The summed E-state index contributed by atoms with van der Waals surface area (Å²) < 4.78 is 0. The molecule has 1 saturated carbocycles. The minimum atomic E-state index is 0.686. The van der Waals surface area contributed by atoms with Crippen molar-refractivity contribution in [1.29, 1.82) is 0 Å². The van der Waals surface area contributed by atoms with Crippen molar-refractivity contribution >= 4 is 0 Å². The molecule has 2 nitrogen and oxygen atoms in total. The van der Waals surface area contributed by atoms with Crippen molar-refractivity contribution in [3.63, 3.8) is 0 Å². The van der Waals surface area contributed by atoms with Gasteiger partial charge < -0.3 is 0 Å². The molecule has 0 unspecified atom stereocenters. The van der Waals surface area contributed by atoms with Crippen LogP contribution >= 0.6 is 0 Å². The molecule has 11 heavy (non-hydrogen) atoms. The zero-order valence-electron chi connectivity index (χ0n) is 7.12. The van der Waals surface area contributed by atoms with E-state index < -0.39 is 0 Å². The van der Waals surface area contributed by atoms with Gasteiger partial charge in [-0.05, 0) is 18.9 Å². The molecule has 1 heterocycles. The Morgan fingerprint density at radius 2 is 1.73 bits per heavy atom. The molecule has 1 aliphatic carbocycles. The molecule has 1 aliphatic rings. The number of hydrogen-bond donors (Lipinski definition) is 0. The average molecular weight is 150 g/mol. The molecule has 0 N–H and O–H groups in total. The molecule has 0 spiro atoms. The highest BCUT2D eigenvalue weighted by Crippen LogP contribution is 2.37. The molecule has 0 aromatic carbocycles. The summed E-state index contributed by atoms with van der Waals surface area (Å²) in [5.41, 5.74) is 0. The van der Waals surface area contributed by atoms with Crippen LogP contribution in [-0.2, 0) is 0 Å². The average Bonchev–Trinajstić information content (AvgIpc) is 2.92. The highest BCUT2D eigenvalue weighted by Gasteiger charge is 2.25. The molecule has 0 aliphatic heterocycles. The first-order valence-electron chi connectivity index (χ1n) is 4.24. The minimum Gasteiger partial charge on any atom is -0.241 e. The lowest BCUT2D eigenvalue weighted by Crippen LogP contribution is -1.87. The van der Waals surface area contributed by atoms with Gasteiger partial charge in [-0.1, -0.05) is 13.8 Å². The van der Waals surface area contributed by atoms with Gasteiger partial charge in [-0.3, -0.25) is 0 Å². The number of hydrogen-bond acceptors (Lipinski definition) is 2. The maximum Gasteiger partial charge on any atom is 0.131 e. The normalized spacial score (nSPS) is 15.1. The summed E-state index contributed by atoms with van der Waals surface area (Å²) in [5.74, 6) is 1.71. The Balaban J connectivity index is 0.000000281. The second-order valence-corrected chi connectivity index (χ2v) is 2.38. The van der Waals surface area contributed by atoms with E-state index in [9.17, 15) is 0 Å². The summed E-state index contributed by atoms with van der Waals surface area (Å²) in [6.45, 7) is 4.00. The van der Waals surface area contributed by atoms with Gasteiger partial charge in [0.15, 0.2) is 0 Å². The van der Waals surface area contributed by atoms with Gasteiger partial charge in [-0.2, -0.15) is 0 Å². The Kier molecular flexibility index (Phi) is 3.02. The van der Waals surface area contributed by atoms with Gasteiger partial charge in [0.25, 0.3) is 0 Å². The van der Waals surface area contributed by atoms with E-state index in [0.29, 0.717) is 5.92 Å². The molecular weight excluding hydrogens is 136 g/mol. The monoisotopic (exact) mass is 150 g/mol. The molecule has 0 radical (unpaired) electrons. The standard InChI is InChI=1S/C7H8N2.C2H6/c1-4-8-7(9-5-1)6-2-3-6;1-2/h1,4-6H,2-3H2;1-2H3. The van der Waals surface area contributed by atoms with Crippen LogP contribution in [0, 0.1) is 0 Å². The molecule has 1 aromatic heterocycles. The van der Waals surface area contributed by atoms with E-state index in [1.165, 1.54) is 12.8 Å². The van der Waals surface area contributed by atoms with E-state index in [4.69, 9.17) is 0 Å². The molecule has 1 fully saturated rings. The topological polar surface area (TPSA) is 25.8 Å². The summed E-state index contributed by atoms with van der Waals surface area (Å²) in [5, 5.41) is 0. The quantitative estimate of drug-likeness (QED) is 0.614. The molecule has 0 atom stereocenters. The lowest BCUT2D eigenvalue weighted by molar-refractivity contribution is 0.927. The zero-order chi connectivity index (χ0) is 8.10. The van der Waals surface area contributed by atoms with E-state index in [0.717, 1.165) is 5.82 Å². The Morgan fingerprint density at radius 3 is 2.18 bits per heavy atom. The lowest BCUT2D eigenvalue weighted by Gasteiger charge is -1.90. The maximum absolute atomic E-state index is 4.13. The molecule has 0 bridgehead atoms. The van der Waals surface area contributed by atoms with Crippen LogP contribution < -0.4 is 0 Å². The predicted molar refractivity (Wildman–Crippen MR) is 45.4 cm³/mol. The fraction of sp³-hybridized carbons (Fsp3) is 0.556. The van der Waals surface area contributed by atoms with E-state index >= 15 is 0 Å². The Morgan fingerprint density at radius 1 is 1.18 bits per heavy atom. The van der Waals surface area contributed by atoms with Crippen LogP contribution in [0.2, 0.25) is 0 Å². The van der Waals surface area contributed by atoms with Crippen LogP contribution in [0.5, 0.6) is 0 Å². The summed E-state index contributed by atoms with van der Waals surface area (Å²) in [4.78, 5) is 8.26. The van der Waals surface area contributed by atoms with Gasteiger partial charge in [0.2, 0.25) is 0 Å². The largest absolute Gasteiger partial charge is 0.241 e. The number of nitrogens with zero attached hydrogens (tertiary/aromatic N) is 2. The third kappa shape index (κ3) is 2.30. The maximum atomic E-state index is 4.13. The van der Waals surface area contributed by atoms with Crippen LogP contribution in [0.4, 0.5) is 0 Å². The minimum absolute atomic E-state index is 0.686. The second kappa shape index (κ2) is 4.06. The second-order valence-electron chi connectivity index (χ2n) is 2.38. The van der Waals surface area contributed by atoms with Crippen LogP contribution in [0.1, 0.15) is 38.4 Å². The highest BCUT2D eigenvalue weighted by atomic mass is 14.9. The van der Waals surface area contributed by atoms with Gasteiger partial charge in [-0.15, -0.1) is 0 Å². The molecule has 0 saturated heterocycles. The number of aromatic nitrogens is 2. The summed E-state index contributed by atoms with van der Waals surface area (Å²) in [6, 6.07) is 1.85. The van der Waals surface area contributed by atoms with Crippen LogP contribution in [0.15, 0.2) is 18.5 Å². The first kappa shape index (κ1) is 8.18.